The van der Waals surface area contributed by atoms with Crippen LogP contribution in [0.2, 0.25) is 0 Å². The molecule has 1 aliphatic rings. The van der Waals surface area contributed by atoms with Gasteiger partial charge in [-0.25, -0.2) is 9.97 Å². The van der Waals surface area contributed by atoms with E-state index in [-0.39, 0.29) is 5.41 Å². The topological polar surface area (TPSA) is 35.6 Å². The van der Waals surface area contributed by atoms with Gasteiger partial charge in [-0.05, 0) is 64.7 Å². The Balaban J connectivity index is 1.31. The minimum atomic E-state index is -0.182. The molecular formula is C47H32N4. The molecule has 0 amide bonds. The van der Waals surface area contributed by atoms with Crippen molar-refractivity contribution in [3.05, 3.63) is 169 Å². The third kappa shape index (κ3) is 3.85. The number of nitrogens with zero attached hydrogens (tertiary/aromatic N) is 4. The van der Waals surface area contributed by atoms with Crippen molar-refractivity contribution in [3.8, 4) is 34.0 Å². The Hall–Kier alpha value is -6.52. The normalized spacial score (nSPS) is 13.5. The van der Waals surface area contributed by atoms with Crippen molar-refractivity contribution < 1.29 is 0 Å². The molecule has 7 aromatic carbocycles. The molecule has 0 aliphatic heterocycles. The Morgan fingerprint density at radius 2 is 1.14 bits per heavy atom. The largest absolute Gasteiger partial charge is 0.309 e. The second-order valence-electron chi connectivity index (χ2n) is 14.2. The lowest BCUT2D eigenvalue weighted by Crippen LogP contribution is -2.15. The van der Waals surface area contributed by atoms with Crippen molar-refractivity contribution in [2.75, 3.05) is 0 Å². The third-order valence-electron chi connectivity index (χ3n) is 11.1. The van der Waals surface area contributed by atoms with E-state index in [1.165, 1.54) is 54.8 Å². The van der Waals surface area contributed by atoms with Crippen LogP contribution in [0, 0.1) is 0 Å². The van der Waals surface area contributed by atoms with Crippen molar-refractivity contribution in [1.82, 2.24) is 19.1 Å². The van der Waals surface area contributed by atoms with Gasteiger partial charge in [0.2, 0.25) is 0 Å². The van der Waals surface area contributed by atoms with Gasteiger partial charge in [0.25, 0.3) is 0 Å². The average Bonchev–Trinajstić information content (AvgIpc) is 3.77. The number of fused-ring (bicyclic) bond motifs is 11. The Morgan fingerprint density at radius 1 is 0.471 bits per heavy atom. The number of para-hydroxylation sites is 3. The number of hydrogen-bond acceptors (Lipinski definition) is 2. The molecule has 0 saturated carbocycles. The number of benzene rings is 7. The molecular weight excluding hydrogens is 621 g/mol. The zero-order chi connectivity index (χ0) is 33.8. The van der Waals surface area contributed by atoms with Gasteiger partial charge in [-0.15, -0.1) is 0 Å². The molecule has 0 fully saturated rings. The van der Waals surface area contributed by atoms with Gasteiger partial charge >= 0.3 is 0 Å². The first-order valence-electron chi connectivity index (χ1n) is 17.6. The molecule has 11 rings (SSSR count). The molecule has 10 aromatic rings. The second kappa shape index (κ2) is 10.3. The van der Waals surface area contributed by atoms with Crippen LogP contribution >= 0.6 is 0 Å². The van der Waals surface area contributed by atoms with Crippen LogP contribution in [-0.2, 0) is 5.41 Å². The third-order valence-corrected chi connectivity index (χ3v) is 11.1. The van der Waals surface area contributed by atoms with Crippen LogP contribution in [0.5, 0.6) is 0 Å². The van der Waals surface area contributed by atoms with Gasteiger partial charge < -0.3 is 4.57 Å². The van der Waals surface area contributed by atoms with Crippen molar-refractivity contribution in [2.45, 2.75) is 19.3 Å². The van der Waals surface area contributed by atoms with Gasteiger partial charge in [-0.2, -0.15) is 0 Å². The van der Waals surface area contributed by atoms with E-state index in [9.17, 15) is 0 Å². The minimum Gasteiger partial charge on any atom is -0.309 e. The molecule has 4 nitrogen and oxygen atoms in total. The van der Waals surface area contributed by atoms with Crippen molar-refractivity contribution in [2.24, 2.45) is 0 Å². The quantitative estimate of drug-likeness (QED) is 0.190. The fraction of sp³-hybridized carbons (Fsp3) is 0.0638. The molecule has 51 heavy (non-hydrogen) atoms. The smallest absolute Gasteiger partial charge is 0.162 e. The lowest BCUT2D eigenvalue weighted by atomic mass is 9.80. The van der Waals surface area contributed by atoms with Crippen LogP contribution in [0.1, 0.15) is 25.0 Å². The maximum absolute atomic E-state index is 5.42. The predicted octanol–water partition coefficient (Wildman–Crippen LogP) is 11.8. The Bertz CT molecular complexity index is 3000. The van der Waals surface area contributed by atoms with Crippen LogP contribution in [0.4, 0.5) is 0 Å². The van der Waals surface area contributed by atoms with E-state index >= 15 is 0 Å². The van der Waals surface area contributed by atoms with Crippen LogP contribution in [-0.4, -0.2) is 19.1 Å². The van der Waals surface area contributed by atoms with Gasteiger partial charge in [0.1, 0.15) is 5.82 Å². The van der Waals surface area contributed by atoms with E-state index < -0.39 is 0 Å². The molecule has 0 N–H and O–H groups in total. The van der Waals surface area contributed by atoms with Crippen molar-refractivity contribution in [3.63, 3.8) is 0 Å². The zero-order valence-electron chi connectivity index (χ0n) is 28.3. The number of hydrogen-bond donors (Lipinski definition) is 0. The van der Waals surface area contributed by atoms with E-state index in [0.29, 0.717) is 5.82 Å². The molecule has 0 radical (unpaired) electrons. The molecule has 0 bridgehead atoms. The molecule has 3 aromatic heterocycles. The highest BCUT2D eigenvalue weighted by atomic mass is 15.1. The van der Waals surface area contributed by atoms with Crippen molar-refractivity contribution >= 4 is 54.5 Å². The summed E-state index contributed by atoms with van der Waals surface area (Å²) in [5, 5.41) is 6.01. The Labute approximate surface area is 294 Å². The highest BCUT2D eigenvalue weighted by molar-refractivity contribution is 6.16. The lowest BCUT2D eigenvalue weighted by Gasteiger charge is -2.22. The Morgan fingerprint density at radius 3 is 1.92 bits per heavy atom. The highest BCUT2D eigenvalue weighted by Gasteiger charge is 2.38. The van der Waals surface area contributed by atoms with E-state index in [0.717, 1.165) is 39.0 Å². The molecule has 240 valence electrons. The average molecular weight is 653 g/mol. The summed E-state index contributed by atoms with van der Waals surface area (Å²) in [5.74, 6) is 1.60. The first-order valence-corrected chi connectivity index (χ1v) is 17.6. The van der Waals surface area contributed by atoms with Crippen LogP contribution < -0.4 is 0 Å². The van der Waals surface area contributed by atoms with E-state index in [2.05, 4.69) is 175 Å². The molecule has 1 aliphatic carbocycles. The maximum Gasteiger partial charge on any atom is 0.162 e. The van der Waals surface area contributed by atoms with E-state index in [4.69, 9.17) is 9.97 Å². The summed E-state index contributed by atoms with van der Waals surface area (Å²) in [4.78, 5) is 10.5. The summed E-state index contributed by atoms with van der Waals surface area (Å²) >= 11 is 0. The molecule has 3 heterocycles. The fourth-order valence-corrected chi connectivity index (χ4v) is 8.88. The fourth-order valence-electron chi connectivity index (χ4n) is 8.88. The van der Waals surface area contributed by atoms with Gasteiger partial charge in [0.05, 0.1) is 27.6 Å². The van der Waals surface area contributed by atoms with E-state index in [1.54, 1.807) is 0 Å². The summed E-state index contributed by atoms with van der Waals surface area (Å²) in [6.07, 6.45) is 0. The first-order chi connectivity index (χ1) is 25.1. The van der Waals surface area contributed by atoms with Crippen molar-refractivity contribution in [1.29, 1.82) is 0 Å². The lowest BCUT2D eigenvalue weighted by molar-refractivity contribution is 0.666. The Kier molecular flexibility index (Phi) is 5.70. The van der Waals surface area contributed by atoms with Crippen LogP contribution in [0.3, 0.4) is 0 Å². The van der Waals surface area contributed by atoms with Crippen LogP contribution in [0.25, 0.3) is 88.5 Å². The summed E-state index contributed by atoms with van der Waals surface area (Å²) < 4.78 is 4.81. The summed E-state index contributed by atoms with van der Waals surface area (Å²) in [6, 6.07) is 56.7. The summed E-state index contributed by atoms with van der Waals surface area (Å²) in [5.41, 5.74) is 12.9. The first kappa shape index (κ1) is 28.3. The molecule has 0 saturated heterocycles. The highest BCUT2D eigenvalue weighted by Crippen LogP contribution is 2.53. The number of aromatic nitrogens is 4. The maximum atomic E-state index is 5.42. The summed E-state index contributed by atoms with van der Waals surface area (Å²) in [6.45, 7) is 4.75. The van der Waals surface area contributed by atoms with Crippen LogP contribution in [0.15, 0.2) is 158 Å². The summed E-state index contributed by atoms with van der Waals surface area (Å²) in [7, 11) is 0. The van der Waals surface area contributed by atoms with Gasteiger partial charge in [-0.3, -0.25) is 4.57 Å². The van der Waals surface area contributed by atoms with Gasteiger partial charge in [-0.1, -0.05) is 129 Å². The zero-order valence-corrected chi connectivity index (χ0v) is 28.3. The van der Waals surface area contributed by atoms with Gasteiger partial charge in [0, 0.05) is 43.6 Å². The molecule has 4 heteroatoms. The molecule has 0 atom stereocenters. The van der Waals surface area contributed by atoms with E-state index in [1.807, 2.05) is 6.07 Å². The monoisotopic (exact) mass is 652 g/mol. The SMILES string of the molecule is CC1(C)c2ccccc2-c2ccc3c(c21)c1ccc(-n2c4ccccc4c4ccccc42)cc1n3-c1nc(-c2ccccc2)nc2ccccc12. The molecule has 0 spiro atoms. The number of rotatable bonds is 3. The minimum absolute atomic E-state index is 0.182. The second-order valence-corrected chi connectivity index (χ2v) is 14.2. The predicted molar refractivity (Wildman–Crippen MR) is 211 cm³/mol. The molecule has 0 unspecified atom stereocenters. The van der Waals surface area contributed by atoms with Gasteiger partial charge in [0.15, 0.2) is 5.82 Å². The standard InChI is InChI=1S/C47H32N4/c1-47(2)37-20-10-6-16-31(37)34-26-27-41-43(44(34)47)36-25-24-30(50-39-22-12-8-17-32(39)33-18-9-13-23-40(33)50)28-42(36)51(41)46-35-19-7-11-21-38(35)48-45(49-46)29-14-4-3-5-15-29/h3-28H,1-2H3.